The van der Waals surface area contributed by atoms with Crippen LogP contribution >= 0.6 is 15.9 Å². The van der Waals surface area contributed by atoms with E-state index in [1.54, 1.807) is 0 Å². The standard InChI is InChI=1S/C13H22BrN3O/c1-4-10-12(14)11(17(3)16-10)8-15-13(2)6-5-7-18-9-13/h15H,4-9H2,1-3H3. The molecule has 1 atom stereocenters. The van der Waals surface area contributed by atoms with Crippen molar-refractivity contribution in [2.24, 2.45) is 7.05 Å². The highest BCUT2D eigenvalue weighted by atomic mass is 79.9. The summed E-state index contributed by atoms with van der Waals surface area (Å²) >= 11 is 3.65. The Morgan fingerprint density at radius 3 is 2.89 bits per heavy atom. The molecule has 1 aliphatic heterocycles. The minimum Gasteiger partial charge on any atom is -0.380 e. The van der Waals surface area contributed by atoms with Crippen LogP contribution in [0.2, 0.25) is 0 Å². The minimum absolute atomic E-state index is 0.0916. The first-order valence-electron chi connectivity index (χ1n) is 6.59. The minimum atomic E-state index is 0.0916. The molecular formula is C13H22BrN3O. The van der Waals surface area contributed by atoms with Crippen molar-refractivity contribution in [1.82, 2.24) is 15.1 Å². The summed E-state index contributed by atoms with van der Waals surface area (Å²) in [6.45, 7) is 6.87. The zero-order chi connectivity index (χ0) is 13.2. The third-order valence-electron chi connectivity index (χ3n) is 3.62. The maximum Gasteiger partial charge on any atom is 0.0767 e. The third kappa shape index (κ3) is 2.95. The molecule has 0 spiro atoms. The number of ether oxygens (including phenoxy) is 1. The molecule has 1 aromatic rings. The monoisotopic (exact) mass is 315 g/mol. The maximum absolute atomic E-state index is 5.56. The molecule has 1 fully saturated rings. The number of halogens is 1. The second kappa shape index (κ2) is 5.72. The van der Waals surface area contributed by atoms with Gasteiger partial charge in [-0.1, -0.05) is 6.92 Å². The molecule has 0 amide bonds. The number of aromatic nitrogens is 2. The van der Waals surface area contributed by atoms with Crippen molar-refractivity contribution < 1.29 is 4.74 Å². The van der Waals surface area contributed by atoms with Gasteiger partial charge < -0.3 is 10.1 Å². The number of hydrogen-bond donors (Lipinski definition) is 1. The molecule has 1 saturated heterocycles. The van der Waals surface area contributed by atoms with Crippen LogP contribution in [-0.4, -0.2) is 28.5 Å². The summed E-state index contributed by atoms with van der Waals surface area (Å²) in [4.78, 5) is 0. The highest BCUT2D eigenvalue weighted by Crippen LogP contribution is 2.24. The van der Waals surface area contributed by atoms with E-state index < -0.39 is 0 Å². The predicted octanol–water partition coefficient (Wildman–Crippen LogP) is 2.40. The van der Waals surface area contributed by atoms with Crippen molar-refractivity contribution in [1.29, 1.82) is 0 Å². The largest absolute Gasteiger partial charge is 0.380 e. The molecule has 1 unspecified atom stereocenters. The fraction of sp³-hybridized carbons (Fsp3) is 0.769. The summed E-state index contributed by atoms with van der Waals surface area (Å²) in [5.74, 6) is 0. The second-order valence-electron chi connectivity index (χ2n) is 5.25. The topological polar surface area (TPSA) is 39.1 Å². The summed E-state index contributed by atoms with van der Waals surface area (Å²) in [6.07, 6.45) is 3.26. The molecule has 0 aliphatic carbocycles. The lowest BCUT2D eigenvalue weighted by atomic mass is 9.95. The van der Waals surface area contributed by atoms with Gasteiger partial charge in [0, 0.05) is 25.7 Å². The highest BCUT2D eigenvalue weighted by Gasteiger charge is 2.27. The summed E-state index contributed by atoms with van der Waals surface area (Å²) in [6, 6.07) is 0. The lowest BCUT2D eigenvalue weighted by Crippen LogP contribution is -2.48. The number of hydrogen-bond acceptors (Lipinski definition) is 3. The van der Waals surface area contributed by atoms with Crippen LogP contribution in [-0.2, 0) is 24.8 Å². The molecule has 18 heavy (non-hydrogen) atoms. The van der Waals surface area contributed by atoms with Crippen LogP contribution in [0, 0.1) is 0 Å². The van der Waals surface area contributed by atoms with Gasteiger partial charge in [-0.3, -0.25) is 4.68 Å². The first-order chi connectivity index (χ1) is 8.56. The van der Waals surface area contributed by atoms with E-state index in [4.69, 9.17) is 4.74 Å². The Labute approximate surface area is 117 Å². The van der Waals surface area contributed by atoms with Gasteiger partial charge in [0.1, 0.15) is 0 Å². The zero-order valence-corrected chi connectivity index (χ0v) is 13.0. The number of nitrogens with one attached hydrogen (secondary N) is 1. The second-order valence-corrected chi connectivity index (χ2v) is 6.05. The highest BCUT2D eigenvalue weighted by molar-refractivity contribution is 9.10. The summed E-state index contributed by atoms with van der Waals surface area (Å²) in [5.41, 5.74) is 2.42. The SMILES string of the molecule is CCc1nn(C)c(CNC2(C)CCCOC2)c1Br. The molecule has 1 aromatic heterocycles. The lowest BCUT2D eigenvalue weighted by molar-refractivity contribution is 0.0275. The van der Waals surface area contributed by atoms with E-state index in [1.807, 2.05) is 11.7 Å². The summed E-state index contributed by atoms with van der Waals surface area (Å²) in [5, 5.41) is 8.13. The average molecular weight is 316 g/mol. The van der Waals surface area contributed by atoms with E-state index in [9.17, 15) is 0 Å². The van der Waals surface area contributed by atoms with Gasteiger partial charge in [-0.2, -0.15) is 5.10 Å². The van der Waals surface area contributed by atoms with Crippen LogP contribution in [0.5, 0.6) is 0 Å². The molecule has 1 N–H and O–H groups in total. The van der Waals surface area contributed by atoms with Gasteiger partial charge in [0.25, 0.3) is 0 Å². The van der Waals surface area contributed by atoms with E-state index in [2.05, 4.69) is 40.2 Å². The fourth-order valence-corrected chi connectivity index (χ4v) is 3.14. The zero-order valence-electron chi connectivity index (χ0n) is 11.4. The van der Waals surface area contributed by atoms with E-state index in [0.717, 1.165) is 42.8 Å². The van der Waals surface area contributed by atoms with Gasteiger partial charge in [-0.15, -0.1) is 0 Å². The van der Waals surface area contributed by atoms with Crippen molar-refractivity contribution >= 4 is 15.9 Å². The van der Waals surface area contributed by atoms with Crippen molar-refractivity contribution in [3.63, 3.8) is 0 Å². The van der Waals surface area contributed by atoms with Gasteiger partial charge in [-0.05, 0) is 42.1 Å². The van der Waals surface area contributed by atoms with Gasteiger partial charge in [-0.25, -0.2) is 0 Å². The molecular weight excluding hydrogens is 294 g/mol. The smallest absolute Gasteiger partial charge is 0.0767 e. The molecule has 0 saturated carbocycles. The van der Waals surface area contributed by atoms with E-state index in [-0.39, 0.29) is 5.54 Å². The van der Waals surface area contributed by atoms with Gasteiger partial charge >= 0.3 is 0 Å². The van der Waals surface area contributed by atoms with Crippen LogP contribution < -0.4 is 5.32 Å². The van der Waals surface area contributed by atoms with Crippen molar-refractivity contribution in [3.8, 4) is 0 Å². The molecule has 4 nitrogen and oxygen atoms in total. The maximum atomic E-state index is 5.56. The number of rotatable bonds is 4. The quantitative estimate of drug-likeness (QED) is 0.927. The van der Waals surface area contributed by atoms with Crippen molar-refractivity contribution in [2.45, 2.75) is 45.2 Å². The van der Waals surface area contributed by atoms with Crippen molar-refractivity contribution in [2.75, 3.05) is 13.2 Å². The van der Waals surface area contributed by atoms with Crippen LogP contribution in [0.1, 0.15) is 38.1 Å². The van der Waals surface area contributed by atoms with Crippen LogP contribution in [0.25, 0.3) is 0 Å². The van der Waals surface area contributed by atoms with E-state index in [0.29, 0.717) is 0 Å². The fourth-order valence-electron chi connectivity index (χ4n) is 2.38. The molecule has 0 aromatic carbocycles. The Kier molecular flexibility index (Phi) is 4.45. The van der Waals surface area contributed by atoms with Crippen LogP contribution in [0.3, 0.4) is 0 Å². The first kappa shape index (κ1) is 14.0. The lowest BCUT2D eigenvalue weighted by Gasteiger charge is -2.34. The van der Waals surface area contributed by atoms with E-state index >= 15 is 0 Å². The van der Waals surface area contributed by atoms with Crippen LogP contribution in [0.15, 0.2) is 4.47 Å². The normalized spacial score (nSPS) is 24.4. The first-order valence-corrected chi connectivity index (χ1v) is 7.38. The molecule has 2 heterocycles. The summed E-state index contributed by atoms with van der Waals surface area (Å²) in [7, 11) is 2.00. The van der Waals surface area contributed by atoms with Gasteiger partial charge in [0.05, 0.1) is 22.5 Å². The molecule has 0 radical (unpaired) electrons. The molecule has 102 valence electrons. The molecule has 5 heteroatoms. The Morgan fingerprint density at radius 1 is 1.56 bits per heavy atom. The van der Waals surface area contributed by atoms with Gasteiger partial charge in [0.2, 0.25) is 0 Å². The van der Waals surface area contributed by atoms with Crippen LogP contribution in [0.4, 0.5) is 0 Å². The average Bonchev–Trinajstić information content (AvgIpc) is 2.63. The molecule has 1 aliphatic rings. The summed E-state index contributed by atoms with van der Waals surface area (Å²) < 4.78 is 8.66. The Balaban J connectivity index is 2.03. The molecule has 2 rings (SSSR count). The number of nitrogens with zero attached hydrogens (tertiary/aromatic N) is 2. The Bertz CT molecular complexity index is 411. The predicted molar refractivity (Wildman–Crippen MR) is 75.6 cm³/mol. The Morgan fingerprint density at radius 2 is 2.33 bits per heavy atom. The van der Waals surface area contributed by atoms with Gasteiger partial charge in [0.15, 0.2) is 0 Å². The van der Waals surface area contributed by atoms with Crippen molar-refractivity contribution in [3.05, 3.63) is 15.9 Å². The molecule has 0 bridgehead atoms. The Hall–Kier alpha value is -0.390. The number of aryl methyl sites for hydroxylation is 2. The third-order valence-corrected chi connectivity index (χ3v) is 4.54. The van der Waals surface area contributed by atoms with E-state index in [1.165, 1.54) is 12.1 Å².